The predicted octanol–water partition coefficient (Wildman–Crippen LogP) is 2.84. The van der Waals surface area contributed by atoms with Crippen LogP contribution in [0.5, 0.6) is 5.75 Å². The van der Waals surface area contributed by atoms with Crippen LogP contribution >= 0.6 is 0 Å². The van der Waals surface area contributed by atoms with Crippen LogP contribution in [0.2, 0.25) is 0 Å². The maximum absolute atomic E-state index is 12.6. The lowest BCUT2D eigenvalue weighted by Crippen LogP contribution is -2.32. The molecule has 0 fully saturated rings. The minimum absolute atomic E-state index is 0.0901. The standard InChI is InChI=1S/C21H19N3O3/c1-24-11-10-22-20(24)19(25)14-6-8-17(9-7-14)23-21(26)16-12-15-4-2-3-5-18(15)27-13-16/h2-11,16H,12-13H2,1H3,(H,23,26). The first-order chi connectivity index (χ1) is 13.1. The van der Waals surface area contributed by atoms with Crippen LogP contribution in [-0.2, 0) is 18.3 Å². The number of imidazole rings is 1. The van der Waals surface area contributed by atoms with Crippen LogP contribution in [0.25, 0.3) is 0 Å². The Morgan fingerprint density at radius 3 is 2.67 bits per heavy atom. The van der Waals surface area contributed by atoms with Crippen molar-refractivity contribution in [2.24, 2.45) is 13.0 Å². The van der Waals surface area contributed by atoms with Gasteiger partial charge >= 0.3 is 0 Å². The number of anilines is 1. The van der Waals surface area contributed by atoms with Gasteiger partial charge in [-0.3, -0.25) is 9.59 Å². The molecule has 2 aromatic carbocycles. The first kappa shape index (κ1) is 17.0. The second kappa shape index (κ2) is 7.07. The third-order valence-corrected chi connectivity index (χ3v) is 4.69. The highest BCUT2D eigenvalue weighted by Gasteiger charge is 2.25. The van der Waals surface area contributed by atoms with E-state index in [9.17, 15) is 9.59 Å². The zero-order valence-electron chi connectivity index (χ0n) is 14.9. The molecule has 2 heterocycles. The number of benzene rings is 2. The van der Waals surface area contributed by atoms with E-state index in [2.05, 4.69) is 10.3 Å². The van der Waals surface area contributed by atoms with Crippen molar-refractivity contribution < 1.29 is 14.3 Å². The second-order valence-electron chi connectivity index (χ2n) is 6.58. The van der Waals surface area contributed by atoms with E-state index in [0.717, 1.165) is 11.3 Å². The highest BCUT2D eigenvalue weighted by Crippen LogP contribution is 2.27. The number of nitrogens with zero attached hydrogens (tertiary/aromatic N) is 2. The van der Waals surface area contributed by atoms with Gasteiger partial charge in [-0.25, -0.2) is 4.98 Å². The number of hydrogen-bond acceptors (Lipinski definition) is 4. The van der Waals surface area contributed by atoms with Crippen molar-refractivity contribution in [3.63, 3.8) is 0 Å². The summed E-state index contributed by atoms with van der Waals surface area (Å²) < 4.78 is 7.36. The molecule has 4 rings (SSSR count). The Kier molecular flexibility index (Phi) is 4.46. The summed E-state index contributed by atoms with van der Waals surface area (Å²) in [5, 5.41) is 2.90. The van der Waals surface area contributed by atoms with Gasteiger partial charge in [0.05, 0.1) is 5.92 Å². The molecule has 6 heteroatoms. The summed E-state index contributed by atoms with van der Waals surface area (Å²) in [6, 6.07) is 14.6. The Labute approximate surface area is 156 Å². The highest BCUT2D eigenvalue weighted by molar-refractivity contribution is 6.07. The maximum atomic E-state index is 12.6. The number of fused-ring (bicyclic) bond motifs is 1. The normalized spacial score (nSPS) is 15.5. The third kappa shape index (κ3) is 3.46. The highest BCUT2D eigenvalue weighted by atomic mass is 16.5. The number of para-hydroxylation sites is 1. The Hall–Kier alpha value is -3.41. The Morgan fingerprint density at radius 2 is 1.93 bits per heavy atom. The molecule has 6 nitrogen and oxygen atoms in total. The van der Waals surface area contributed by atoms with Crippen molar-refractivity contribution in [2.75, 3.05) is 11.9 Å². The first-order valence-corrected chi connectivity index (χ1v) is 8.75. The molecule has 0 spiro atoms. The smallest absolute Gasteiger partial charge is 0.231 e. The van der Waals surface area contributed by atoms with Gasteiger partial charge in [0.25, 0.3) is 0 Å². The number of aromatic nitrogens is 2. The van der Waals surface area contributed by atoms with Crippen LogP contribution in [0.1, 0.15) is 21.7 Å². The summed E-state index contributed by atoms with van der Waals surface area (Å²) in [4.78, 5) is 29.1. The van der Waals surface area contributed by atoms with E-state index in [1.807, 2.05) is 24.3 Å². The maximum Gasteiger partial charge on any atom is 0.231 e. The van der Waals surface area contributed by atoms with Crippen LogP contribution in [0, 0.1) is 5.92 Å². The van der Waals surface area contributed by atoms with E-state index in [1.54, 1.807) is 48.3 Å². The topological polar surface area (TPSA) is 73.2 Å². The first-order valence-electron chi connectivity index (χ1n) is 8.75. The molecule has 0 bridgehead atoms. The van der Waals surface area contributed by atoms with Gasteiger partial charge in [-0.15, -0.1) is 0 Å². The van der Waals surface area contributed by atoms with E-state index in [4.69, 9.17) is 4.74 Å². The van der Waals surface area contributed by atoms with Gasteiger partial charge in [-0.05, 0) is 42.3 Å². The minimum Gasteiger partial charge on any atom is -0.492 e. The number of nitrogens with one attached hydrogen (secondary N) is 1. The number of aryl methyl sites for hydroxylation is 1. The van der Waals surface area contributed by atoms with Gasteiger partial charge in [0.1, 0.15) is 12.4 Å². The zero-order valence-corrected chi connectivity index (χ0v) is 14.9. The molecule has 1 N–H and O–H groups in total. The molecule has 1 aliphatic rings. The number of ketones is 1. The second-order valence-corrected chi connectivity index (χ2v) is 6.58. The van der Waals surface area contributed by atoms with Crippen LogP contribution in [0.4, 0.5) is 5.69 Å². The lowest BCUT2D eigenvalue weighted by molar-refractivity contribution is -0.121. The molecule has 1 atom stereocenters. The molecule has 0 saturated heterocycles. The average molecular weight is 361 g/mol. The SMILES string of the molecule is Cn1ccnc1C(=O)c1ccc(NC(=O)C2COc3ccccc3C2)cc1. The molecule has 1 amide bonds. The van der Waals surface area contributed by atoms with Gasteiger partial charge in [0.2, 0.25) is 11.7 Å². The molecule has 136 valence electrons. The number of carbonyl (C=O) groups excluding carboxylic acids is 2. The van der Waals surface area contributed by atoms with E-state index in [0.29, 0.717) is 30.1 Å². The summed E-state index contributed by atoms with van der Waals surface area (Å²) >= 11 is 0. The fourth-order valence-electron chi connectivity index (χ4n) is 3.16. The molecule has 0 radical (unpaired) electrons. The molecular formula is C21H19N3O3. The molecule has 3 aromatic rings. The largest absolute Gasteiger partial charge is 0.492 e. The molecule has 0 aliphatic carbocycles. The van der Waals surface area contributed by atoms with Crippen LogP contribution in [0.15, 0.2) is 60.9 Å². The van der Waals surface area contributed by atoms with Gasteiger partial charge < -0.3 is 14.6 Å². The van der Waals surface area contributed by atoms with Crippen molar-refractivity contribution in [3.8, 4) is 5.75 Å². The van der Waals surface area contributed by atoms with E-state index >= 15 is 0 Å². The minimum atomic E-state index is -0.242. The number of ether oxygens (including phenoxy) is 1. The summed E-state index contributed by atoms with van der Waals surface area (Å²) in [5.41, 5.74) is 2.22. The lowest BCUT2D eigenvalue weighted by atomic mass is 9.96. The molecule has 1 aromatic heterocycles. The van der Waals surface area contributed by atoms with Gasteiger partial charge in [0.15, 0.2) is 5.82 Å². The fraction of sp³-hybridized carbons (Fsp3) is 0.190. The predicted molar refractivity (Wildman–Crippen MR) is 101 cm³/mol. The van der Waals surface area contributed by atoms with E-state index in [-0.39, 0.29) is 17.6 Å². The van der Waals surface area contributed by atoms with Crippen molar-refractivity contribution in [1.29, 1.82) is 0 Å². The third-order valence-electron chi connectivity index (χ3n) is 4.69. The van der Waals surface area contributed by atoms with Gasteiger partial charge in [-0.1, -0.05) is 18.2 Å². The number of hydrogen-bond donors (Lipinski definition) is 1. The molecular weight excluding hydrogens is 342 g/mol. The number of rotatable bonds is 4. The molecule has 27 heavy (non-hydrogen) atoms. The van der Waals surface area contributed by atoms with Crippen LogP contribution in [0.3, 0.4) is 0 Å². The van der Waals surface area contributed by atoms with Crippen molar-refractivity contribution >= 4 is 17.4 Å². The van der Waals surface area contributed by atoms with Crippen molar-refractivity contribution in [1.82, 2.24) is 9.55 Å². The summed E-state index contributed by atoms with van der Waals surface area (Å²) in [6.07, 6.45) is 3.97. The molecule has 0 saturated carbocycles. The lowest BCUT2D eigenvalue weighted by Gasteiger charge is -2.24. The molecule has 1 unspecified atom stereocenters. The fourth-order valence-corrected chi connectivity index (χ4v) is 3.16. The molecule has 1 aliphatic heterocycles. The Morgan fingerprint density at radius 1 is 1.15 bits per heavy atom. The van der Waals surface area contributed by atoms with E-state index < -0.39 is 0 Å². The summed E-state index contributed by atoms with van der Waals surface area (Å²) in [5.74, 6) is 0.739. The number of carbonyl (C=O) groups is 2. The van der Waals surface area contributed by atoms with E-state index in [1.165, 1.54) is 0 Å². The Balaban J connectivity index is 1.42. The van der Waals surface area contributed by atoms with Gasteiger partial charge in [-0.2, -0.15) is 0 Å². The number of amides is 1. The van der Waals surface area contributed by atoms with Crippen molar-refractivity contribution in [3.05, 3.63) is 77.9 Å². The summed E-state index contributed by atoms with van der Waals surface area (Å²) in [6.45, 7) is 0.360. The average Bonchev–Trinajstić information content (AvgIpc) is 3.13. The van der Waals surface area contributed by atoms with Crippen LogP contribution < -0.4 is 10.1 Å². The quantitative estimate of drug-likeness (QED) is 0.725. The van der Waals surface area contributed by atoms with Crippen molar-refractivity contribution in [2.45, 2.75) is 6.42 Å². The van der Waals surface area contributed by atoms with Crippen LogP contribution in [-0.4, -0.2) is 27.8 Å². The van der Waals surface area contributed by atoms with Gasteiger partial charge in [0, 0.05) is 30.7 Å². The monoisotopic (exact) mass is 361 g/mol. The summed E-state index contributed by atoms with van der Waals surface area (Å²) in [7, 11) is 1.78. The Bertz CT molecular complexity index is 992. The zero-order chi connectivity index (χ0) is 18.8.